The molecule has 0 heterocycles. The number of ketones is 2. The van der Waals surface area contributed by atoms with Gasteiger partial charge in [-0.3, -0.25) is 14.4 Å². The highest BCUT2D eigenvalue weighted by Crippen LogP contribution is 2.69. The van der Waals surface area contributed by atoms with Crippen LogP contribution in [0.3, 0.4) is 0 Å². The molecule has 0 aliphatic heterocycles. The molecule has 0 bridgehead atoms. The summed E-state index contributed by atoms with van der Waals surface area (Å²) in [5, 5.41) is 12.8. The van der Waals surface area contributed by atoms with Gasteiger partial charge in [0, 0.05) is 24.3 Å². The number of nitrogens with zero attached hydrogens (tertiary/aromatic N) is 1. The van der Waals surface area contributed by atoms with Gasteiger partial charge in [-0.15, -0.1) is 0 Å². The molecule has 0 radical (unpaired) electrons. The van der Waals surface area contributed by atoms with Crippen molar-refractivity contribution in [2.45, 2.75) is 107 Å². The van der Waals surface area contributed by atoms with Gasteiger partial charge in [-0.1, -0.05) is 67.0 Å². The molecule has 2 unspecified atom stereocenters. The fourth-order valence-corrected chi connectivity index (χ4v) is 9.49. The molecule has 4 aliphatic carbocycles. The van der Waals surface area contributed by atoms with Crippen LogP contribution in [0.15, 0.2) is 23.3 Å². The van der Waals surface area contributed by atoms with Gasteiger partial charge >= 0.3 is 0 Å². The number of fused-ring (bicyclic) bond motifs is 3. The number of carbonyl (C=O) groups is 3. The van der Waals surface area contributed by atoms with Crippen molar-refractivity contribution in [2.24, 2.45) is 44.3 Å². The number of carbonyl (C=O) groups excluding carboxylic acids is 3. The molecule has 0 aromatic heterocycles. The van der Waals surface area contributed by atoms with Crippen LogP contribution in [0, 0.1) is 55.7 Å². The van der Waals surface area contributed by atoms with Gasteiger partial charge in [0.15, 0.2) is 11.6 Å². The van der Waals surface area contributed by atoms with Gasteiger partial charge in [0.1, 0.15) is 6.07 Å². The highest BCUT2D eigenvalue weighted by Gasteiger charge is 2.63. The quantitative estimate of drug-likeness (QED) is 0.445. The summed E-state index contributed by atoms with van der Waals surface area (Å²) >= 11 is 0. The molecule has 5 nitrogen and oxygen atoms in total. The van der Waals surface area contributed by atoms with Gasteiger partial charge in [-0.25, -0.2) is 0 Å². The predicted octanol–water partition coefficient (Wildman–Crippen LogP) is 6.73. The van der Waals surface area contributed by atoms with Crippen LogP contribution in [0.5, 0.6) is 0 Å². The molecule has 208 valence electrons. The Kier molecular flexibility index (Phi) is 6.74. The summed E-state index contributed by atoms with van der Waals surface area (Å²) < 4.78 is 0. The van der Waals surface area contributed by atoms with Crippen molar-refractivity contribution in [3.05, 3.63) is 23.3 Å². The maximum Gasteiger partial charge on any atom is 0.226 e. The molecule has 0 aromatic carbocycles. The molecule has 38 heavy (non-hydrogen) atoms. The van der Waals surface area contributed by atoms with Crippen LogP contribution in [-0.2, 0) is 14.4 Å². The van der Waals surface area contributed by atoms with Crippen LogP contribution in [0.4, 0.5) is 0 Å². The first kappa shape index (κ1) is 28.8. The van der Waals surface area contributed by atoms with Crippen molar-refractivity contribution in [1.29, 1.82) is 5.26 Å². The second kappa shape index (κ2) is 8.90. The minimum absolute atomic E-state index is 0.0342. The Bertz CT molecular complexity index is 1170. The Labute approximate surface area is 229 Å². The van der Waals surface area contributed by atoms with Gasteiger partial charge in [-0.05, 0) is 79.1 Å². The molecular formula is C33H48N2O3. The average molecular weight is 521 g/mol. The number of hydrogen-bond acceptors (Lipinski definition) is 4. The SMILES string of the molecule is CNC(=O)[C@]1(CC[C@]2(C)CC(=O)C=C3[C@@]4(C)C=C(C#N)C(=O)C(C)(C)C4CC[C@]32C)CCC(C)(C)CC1C. The monoisotopic (exact) mass is 520 g/mol. The van der Waals surface area contributed by atoms with E-state index in [1.807, 2.05) is 26.0 Å². The second-order valence-corrected chi connectivity index (χ2v) is 15.2. The first-order chi connectivity index (χ1) is 17.4. The van der Waals surface area contributed by atoms with E-state index in [-0.39, 0.29) is 51.1 Å². The zero-order chi connectivity index (χ0) is 28.5. The Morgan fingerprint density at radius 1 is 1.05 bits per heavy atom. The Balaban J connectivity index is 1.75. The highest BCUT2D eigenvalue weighted by atomic mass is 16.2. The molecular weight excluding hydrogens is 472 g/mol. The summed E-state index contributed by atoms with van der Waals surface area (Å²) in [4.78, 5) is 40.1. The third-order valence-corrected chi connectivity index (χ3v) is 12.2. The Hall–Kier alpha value is -2.22. The molecule has 2 fully saturated rings. The first-order valence-corrected chi connectivity index (χ1v) is 14.6. The zero-order valence-corrected chi connectivity index (χ0v) is 25.1. The van der Waals surface area contributed by atoms with E-state index in [0.717, 1.165) is 50.5 Å². The van der Waals surface area contributed by atoms with E-state index in [1.165, 1.54) is 0 Å². The van der Waals surface area contributed by atoms with Crippen LogP contribution >= 0.6 is 0 Å². The van der Waals surface area contributed by atoms with E-state index in [0.29, 0.717) is 6.42 Å². The van der Waals surface area contributed by atoms with Gasteiger partial charge in [0.25, 0.3) is 0 Å². The van der Waals surface area contributed by atoms with Crippen molar-refractivity contribution in [1.82, 2.24) is 5.32 Å². The fraction of sp³-hybridized carbons (Fsp3) is 0.758. The average Bonchev–Trinajstić information content (AvgIpc) is 2.82. The molecule has 1 N–H and O–H groups in total. The third kappa shape index (κ3) is 3.96. The summed E-state index contributed by atoms with van der Waals surface area (Å²) in [6, 6.07) is 2.17. The first-order valence-electron chi connectivity index (χ1n) is 14.6. The van der Waals surface area contributed by atoms with E-state index in [9.17, 15) is 19.6 Å². The van der Waals surface area contributed by atoms with Gasteiger partial charge < -0.3 is 5.32 Å². The molecule has 6 atom stereocenters. The summed E-state index contributed by atoms with van der Waals surface area (Å²) in [5.74, 6) is 0.467. The summed E-state index contributed by atoms with van der Waals surface area (Å²) in [7, 11) is 1.75. The lowest BCUT2D eigenvalue weighted by Gasteiger charge is -2.63. The topological polar surface area (TPSA) is 87.0 Å². The minimum atomic E-state index is -0.665. The fourth-order valence-electron chi connectivity index (χ4n) is 9.49. The van der Waals surface area contributed by atoms with E-state index in [2.05, 4.69) is 52.9 Å². The molecule has 5 heteroatoms. The molecule has 4 rings (SSSR count). The molecule has 0 spiro atoms. The molecule has 1 amide bonds. The maximum absolute atomic E-state index is 13.5. The molecule has 0 saturated heterocycles. The summed E-state index contributed by atoms with van der Waals surface area (Å²) in [6.07, 6.45) is 10.4. The Morgan fingerprint density at radius 3 is 2.29 bits per heavy atom. The van der Waals surface area contributed by atoms with Crippen LogP contribution < -0.4 is 5.32 Å². The van der Waals surface area contributed by atoms with Gasteiger partial charge in [0.05, 0.1) is 11.0 Å². The van der Waals surface area contributed by atoms with Crippen LogP contribution in [0.2, 0.25) is 0 Å². The van der Waals surface area contributed by atoms with Crippen LogP contribution in [0.1, 0.15) is 107 Å². The second-order valence-electron chi connectivity index (χ2n) is 15.2. The largest absolute Gasteiger partial charge is 0.359 e. The van der Waals surface area contributed by atoms with Gasteiger partial charge in [-0.2, -0.15) is 5.26 Å². The number of hydrogen-bond donors (Lipinski definition) is 1. The number of nitrogens with one attached hydrogen (secondary N) is 1. The van der Waals surface area contributed by atoms with E-state index >= 15 is 0 Å². The van der Waals surface area contributed by atoms with Crippen LogP contribution in [-0.4, -0.2) is 24.5 Å². The van der Waals surface area contributed by atoms with E-state index in [4.69, 9.17) is 0 Å². The number of Topliss-reactive ketones (excluding diaryl/α,β-unsaturated/α-hetero) is 1. The van der Waals surface area contributed by atoms with E-state index < -0.39 is 16.2 Å². The van der Waals surface area contributed by atoms with Gasteiger partial charge in [0.2, 0.25) is 5.91 Å². The molecule has 2 saturated carbocycles. The Morgan fingerprint density at radius 2 is 1.71 bits per heavy atom. The summed E-state index contributed by atoms with van der Waals surface area (Å²) in [5.41, 5.74) is -0.678. The predicted molar refractivity (Wildman–Crippen MR) is 150 cm³/mol. The maximum atomic E-state index is 13.5. The smallest absolute Gasteiger partial charge is 0.226 e. The van der Waals surface area contributed by atoms with Crippen molar-refractivity contribution in [3.8, 4) is 6.07 Å². The van der Waals surface area contributed by atoms with Crippen molar-refractivity contribution in [2.75, 3.05) is 7.05 Å². The van der Waals surface area contributed by atoms with Crippen molar-refractivity contribution >= 4 is 17.5 Å². The third-order valence-electron chi connectivity index (χ3n) is 12.2. The number of amides is 1. The lowest BCUT2D eigenvalue weighted by Crippen LogP contribution is -2.58. The highest BCUT2D eigenvalue weighted by molar-refractivity contribution is 6.04. The molecule has 4 aliphatic rings. The number of rotatable bonds is 4. The van der Waals surface area contributed by atoms with Crippen molar-refractivity contribution in [3.63, 3.8) is 0 Å². The number of allylic oxidation sites excluding steroid dienone is 4. The summed E-state index contributed by atoms with van der Waals surface area (Å²) in [6.45, 7) is 17.5. The molecule has 0 aromatic rings. The minimum Gasteiger partial charge on any atom is -0.359 e. The lowest BCUT2D eigenvalue weighted by molar-refractivity contribution is -0.140. The number of nitriles is 1. The standard InChI is InChI=1S/C33H48N2O3/c1-21-17-28(2,3)12-14-33(21,27(38)35-9)15-13-30(6)19-23(36)16-25-31(7)18-22(20-34)26(37)29(4,5)24(31)10-11-32(25,30)8/h16,18,21,24H,10-15,17,19H2,1-9H3,(H,35,38)/t21?,24?,30-,31+,32-,33+/m1/s1. The normalized spacial score (nSPS) is 41.7. The zero-order valence-electron chi connectivity index (χ0n) is 25.1. The van der Waals surface area contributed by atoms with E-state index in [1.54, 1.807) is 7.05 Å². The van der Waals surface area contributed by atoms with Crippen LogP contribution in [0.25, 0.3) is 0 Å². The lowest BCUT2D eigenvalue weighted by atomic mass is 9.40. The van der Waals surface area contributed by atoms with Crippen molar-refractivity contribution < 1.29 is 14.4 Å².